The Hall–Kier alpha value is -2.01. The van der Waals surface area contributed by atoms with Crippen molar-refractivity contribution in [2.45, 2.75) is 6.92 Å². The number of H-pyrrole nitrogens is 2. The van der Waals surface area contributed by atoms with Crippen molar-refractivity contribution in [3.05, 3.63) is 40.7 Å². The van der Waals surface area contributed by atoms with Crippen LogP contribution in [0.2, 0.25) is 0 Å². The highest BCUT2D eigenvalue weighted by Crippen LogP contribution is 2.27. The molecule has 0 bridgehead atoms. The maximum Gasteiger partial charge on any atom is 0.264 e. The number of hydrogen-bond acceptors (Lipinski definition) is 3. The van der Waals surface area contributed by atoms with Gasteiger partial charge in [-0.05, 0) is 17.7 Å². The molecule has 0 aliphatic carbocycles. The molecule has 1 aliphatic rings. The van der Waals surface area contributed by atoms with Crippen molar-refractivity contribution in [1.82, 2.24) is 10.2 Å². The van der Waals surface area contributed by atoms with Gasteiger partial charge < -0.3 is 10.1 Å². The summed E-state index contributed by atoms with van der Waals surface area (Å²) in [6.45, 7) is 4.76. The number of rotatable bonds is 4. The van der Waals surface area contributed by atoms with E-state index in [0.29, 0.717) is 0 Å². The summed E-state index contributed by atoms with van der Waals surface area (Å²) in [7, 11) is 0. The molecule has 1 fully saturated rings. The lowest BCUT2D eigenvalue weighted by Crippen LogP contribution is -2.45. The molecule has 1 aliphatic heterocycles. The molecule has 0 atom stereocenters. The summed E-state index contributed by atoms with van der Waals surface area (Å²) < 4.78 is 5.23. The number of aromatic amines is 2. The summed E-state index contributed by atoms with van der Waals surface area (Å²) in [4.78, 5) is 11.1. The highest BCUT2D eigenvalue weighted by Gasteiger charge is 2.32. The van der Waals surface area contributed by atoms with Crippen LogP contribution in [-0.2, 0) is 4.74 Å². The molecular weight excluding hydrogens is 242 g/mol. The van der Waals surface area contributed by atoms with Crippen LogP contribution in [0.3, 0.4) is 0 Å². The van der Waals surface area contributed by atoms with Crippen molar-refractivity contribution in [1.29, 1.82) is 0 Å². The summed E-state index contributed by atoms with van der Waals surface area (Å²) in [5.74, 6) is 0. The van der Waals surface area contributed by atoms with Crippen LogP contribution in [0, 0.1) is 5.41 Å². The molecule has 19 heavy (non-hydrogen) atoms. The average molecular weight is 259 g/mol. The van der Waals surface area contributed by atoms with E-state index >= 15 is 0 Å². The zero-order valence-corrected chi connectivity index (χ0v) is 10.8. The Balaban J connectivity index is 1.67. The number of benzene rings is 1. The maximum atomic E-state index is 11.1. The first-order chi connectivity index (χ1) is 9.15. The minimum Gasteiger partial charge on any atom is -0.384 e. The highest BCUT2D eigenvalue weighted by atomic mass is 16.5. The van der Waals surface area contributed by atoms with Gasteiger partial charge in [0.1, 0.15) is 0 Å². The second kappa shape index (κ2) is 4.59. The van der Waals surface area contributed by atoms with Crippen molar-refractivity contribution in [2.75, 3.05) is 25.1 Å². The lowest BCUT2D eigenvalue weighted by atomic mass is 9.88. The monoisotopic (exact) mass is 259 g/mol. The van der Waals surface area contributed by atoms with Crippen LogP contribution in [0.5, 0.6) is 0 Å². The number of nitrogens with one attached hydrogen (secondary N) is 3. The van der Waals surface area contributed by atoms with Crippen LogP contribution < -0.4 is 10.9 Å². The largest absolute Gasteiger partial charge is 0.384 e. The van der Waals surface area contributed by atoms with E-state index in [0.717, 1.165) is 36.7 Å². The molecule has 0 amide bonds. The lowest BCUT2D eigenvalue weighted by molar-refractivity contribution is -0.0924. The van der Waals surface area contributed by atoms with Crippen LogP contribution in [0.15, 0.2) is 35.1 Å². The van der Waals surface area contributed by atoms with Crippen molar-refractivity contribution < 1.29 is 4.74 Å². The first-order valence-corrected chi connectivity index (χ1v) is 6.34. The molecule has 5 heteroatoms. The van der Waals surface area contributed by atoms with E-state index in [1.165, 1.54) is 0 Å². The summed E-state index contributed by atoms with van der Waals surface area (Å²) in [5, 5.41) is 8.78. The predicted octanol–water partition coefficient (Wildman–Crippen LogP) is 1.82. The summed E-state index contributed by atoms with van der Waals surface area (Å²) in [6, 6.07) is 9.56. The van der Waals surface area contributed by atoms with E-state index in [-0.39, 0.29) is 11.0 Å². The molecule has 100 valence electrons. The van der Waals surface area contributed by atoms with Crippen molar-refractivity contribution in [3.63, 3.8) is 0 Å². The van der Waals surface area contributed by atoms with E-state index in [4.69, 9.17) is 4.74 Å². The molecule has 5 nitrogen and oxygen atoms in total. The molecule has 1 saturated heterocycles. The van der Waals surface area contributed by atoms with Gasteiger partial charge in [-0.3, -0.25) is 15.0 Å². The number of aromatic nitrogens is 2. The van der Waals surface area contributed by atoms with Gasteiger partial charge in [-0.25, -0.2) is 0 Å². The van der Waals surface area contributed by atoms with E-state index < -0.39 is 0 Å². The van der Waals surface area contributed by atoms with Crippen molar-refractivity contribution in [3.8, 4) is 11.3 Å². The minimum absolute atomic E-state index is 0.116. The molecule has 1 aromatic carbocycles. The second-order valence-electron chi connectivity index (χ2n) is 5.41. The van der Waals surface area contributed by atoms with Gasteiger partial charge in [0, 0.05) is 23.7 Å². The third-order valence-corrected chi connectivity index (χ3v) is 3.41. The molecule has 3 rings (SSSR count). The average Bonchev–Trinajstić information content (AvgIpc) is 2.81. The summed E-state index contributed by atoms with van der Waals surface area (Å²) >= 11 is 0. The normalized spacial score (nSPS) is 16.9. The fourth-order valence-electron chi connectivity index (χ4n) is 2.12. The van der Waals surface area contributed by atoms with Crippen LogP contribution in [-0.4, -0.2) is 30.0 Å². The molecule has 1 aromatic heterocycles. The summed E-state index contributed by atoms with van der Waals surface area (Å²) in [5.41, 5.74) is 3.01. The van der Waals surface area contributed by atoms with Crippen LogP contribution in [0.25, 0.3) is 11.3 Å². The molecule has 2 heterocycles. The van der Waals surface area contributed by atoms with E-state index in [2.05, 4.69) is 22.4 Å². The molecule has 2 aromatic rings. The van der Waals surface area contributed by atoms with Gasteiger partial charge in [0.25, 0.3) is 5.56 Å². The van der Waals surface area contributed by atoms with Crippen LogP contribution in [0.1, 0.15) is 6.92 Å². The third kappa shape index (κ3) is 2.56. The highest BCUT2D eigenvalue weighted by molar-refractivity contribution is 5.62. The van der Waals surface area contributed by atoms with Gasteiger partial charge in [-0.1, -0.05) is 19.1 Å². The Morgan fingerprint density at radius 2 is 2.00 bits per heavy atom. The Morgan fingerprint density at radius 3 is 2.53 bits per heavy atom. The smallest absolute Gasteiger partial charge is 0.264 e. The SMILES string of the molecule is CC1(CNc2ccc(-c3cc(=O)[nH][nH]3)cc2)COC1. The quantitative estimate of drug-likeness (QED) is 0.784. The number of anilines is 1. The topological polar surface area (TPSA) is 69.9 Å². The summed E-state index contributed by atoms with van der Waals surface area (Å²) in [6.07, 6.45) is 0. The predicted molar refractivity (Wildman–Crippen MR) is 74.3 cm³/mol. The van der Waals surface area contributed by atoms with Gasteiger partial charge in [-0.15, -0.1) is 0 Å². The lowest BCUT2D eigenvalue weighted by Gasteiger charge is -2.38. The fourth-order valence-corrected chi connectivity index (χ4v) is 2.12. The molecule has 0 unspecified atom stereocenters. The van der Waals surface area contributed by atoms with Crippen LogP contribution >= 0.6 is 0 Å². The Morgan fingerprint density at radius 1 is 1.26 bits per heavy atom. The van der Waals surface area contributed by atoms with E-state index in [9.17, 15) is 4.79 Å². The van der Waals surface area contributed by atoms with Gasteiger partial charge in [0.15, 0.2) is 0 Å². The molecular formula is C14H17N3O2. The zero-order valence-electron chi connectivity index (χ0n) is 10.8. The molecule has 0 radical (unpaired) electrons. The van der Waals surface area contributed by atoms with E-state index in [1.807, 2.05) is 24.3 Å². The molecule has 0 spiro atoms. The Labute approximate surface area is 111 Å². The molecule has 0 saturated carbocycles. The van der Waals surface area contributed by atoms with Crippen molar-refractivity contribution >= 4 is 5.69 Å². The Kier molecular flexibility index (Phi) is 2.91. The number of ether oxygens (including phenoxy) is 1. The second-order valence-corrected chi connectivity index (χ2v) is 5.41. The maximum absolute atomic E-state index is 11.1. The van der Waals surface area contributed by atoms with Gasteiger partial charge in [-0.2, -0.15) is 0 Å². The Bertz CT molecular complexity index is 608. The van der Waals surface area contributed by atoms with Gasteiger partial charge in [0.2, 0.25) is 0 Å². The first-order valence-electron chi connectivity index (χ1n) is 6.34. The van der Waals surface area contributed by atoms with Crippen molar-refractivity contribution in [2.24, 2.45) is 5.41 Å². The third-order valence-electron chi connectivity index (χ3n) is 3.41. The zero-order chi connectivity index (χ0) is 13.3. The fraction of sp³-hybridized carbons (Fsp3) is 0.357. The van der Waals surface area contributed by atoms with E-state index in [1.54, 1.807) is 6.07 Å². The minimum atomic E-state index is -0.116. The van der Waals surface area contributed by atoms with Gasteiger partial charge in [0.05, 0.1) is 18.9 Å². The van der Waals surface area contributed by atoms with Gasteiger partial charge >= 0.3 is 0 Å². The standard InChI is InChI=1S/C14H17N3O2/c1-14(8-19-9-14)7-15-11-4-2-10(3-5-11)12-6-13(18)17-16-12/h2-6,15H,7-9H2,1H3,(H2,16,17,18). The number of hydrogen-bond donors (Lipinski definition) is 3. The van der Waals surface area contributed by atoms with Crippen LogP contribution in [0.4, 0.5) is 5.69 Å². The molecule has 3 N–H and O–H groups in total. The first kappa shape index (κ1) is 12.0.